The predicted molar refractivity (Wildman–Crippen MR) is 54.0 cm³/mol. The SMILES string of the molecule is CC(c1ncc[nH]1)C(C)c1ncc[nH]1. The molecular formula is C10H14N4. The molecule has 0 spiro atoms. The van der Waals surface area contributed by atoms with Crippen LogP contribution in [0.15, 0.2) is 24.8 Å². The first kappa shape index (κ1) is 8.99. The van der Waals surface area contributed by atoms with Crippen LogP contribution in [0.4, 0.5) is 0 Å². The highest BCUT2D eigenvalue weighted by Crippen LogP contribution is 2.27. The van der Waals surface area contributed by atoms with Gasteiger partial charge in [0.15, 0.2) is 0 Å². The van der Waals surface area contributed by atoms with E-state index in [2.05, 4.69) is 33.8 Å². The Kier molecular flexibility index (Phi) is 2.35. The zero-order valence-corrected chi connectivity index (χ0v) is 8.36. The first-order valence-corrected chi connectivity index (χ1v) is 4.77. The number of aromatic amines is 2. The van der Waals surface area contributed by atoms with Gasteiger partial charge in [-0.25, -0.2) is 9.97 Å². The molecule has 2 N–H and O–H groups in total. The smallest absolute Gasteiger partial charge is 0.109 e. The Bertz CT molecular complexity index is 324. The van der Waals surface area contributed by atoms with E-state index in [1.807, 2.05) is 12.4 Å². The number of hydrogen-bond acceptors (Lipinski definition) is 2. The van der Waals surface area contributed by atoms with Crippen molar-refractivity contribution in [1.29, 1.82) is 0 Å². The minimum absolute atomic E-state index is 0.344. The highest BCUT2D eigenvalue weighted by molar-refractivity contribution is 5.07. The molecule has 0 aliphatic rings. The summed E-state index contributed by atoms with van der Waals surface area (Å²) in [6, 6.07) is 0. The summed E-state index contributed by atoms with van der Waals surface area (Å²) in [6.45, 7) is 4.29. The van der Waals surface area contributed by atoms with Gasteiger partial charge in [-0.15, -0.1) is 0 Å². The van der Waals surface area contributed by atoms with Gasteiger partial charge in [0.1, 0.15) is 11.6 Å². The van der Waals surface area contributed by atoms with Crippen molar-refractivity contribution in [2.45, 2.75) is 25.7 Å². The molecule has 2 heterocycles. The second-order valence-corrected chi connectivity index (χ2v) is 3.53. The lowest BCUT2D eigenvalue weighted by atomic mass is 9.95. The third-order valence-electron chi connectivity index (χ3n) is 2.65. The van der Waals surface area contributed by atoms with Gasteiger partial charge in [0.25, 0.3) is 0 Å². The molecule has 0 saturated heterocycles. The van der Waals surface area contributed by atoms with Gasteiger partial charge in [0, 0.05) is 36.6 Å². The van der Waals surface area contributed by atoms with E-state index in [-0.39, 0.29) is 0 Å². The summed E-state index contributed by atoms with van der Waals surface area (Å²) >= 11 is 0. The number of nitrogens with zero attached hydrogens (tertiary/aromatic N) is 2. The lowest BCUT2D eigenvalue weighted by Gasteiger charge is -2.15. The Morgan fingerprint density at radius 3 is 1.64 bits per heavy atom. The number of H-pyrrole nitrogens is 2. The summed E-state index contributed by atoms with van der Waals surface area (Å²) in [5, 5.41) is 0. The van der Waals surface area contributed by atoms with Gasteiger partial charge >= 0.3 is 0 Å². The molecule has 2 aromatic rings. The lowest BCUT2D eigenvalue weighted by molar-refractivity contribution is 0.571. The van der Waals surface area contributed by atoms with Gasteiger partial charge in [-0.3, -0.25) is 0 Å². The molecule has 2 rings (SSSR count). The maximum absolute atomic E-state index is 4.25. The maximum atomic E-state index is 4.25. The summed E-state index contributed by atoms with van der Waals surface area (Å²) in [6.07, 6.45) is 7.25. The van der Waals surface area contributed by atoms with E-state index in [1.165, 1.54) is 0 Å². The monoisotopic (exact) mass is 190 g/mol. The average Bonchev–Trinajstić information content (AvgIpc) is 2.87. The summed E-state index contributed by atoms with van der Waals surface area (Å²) in [5.41, 5.74) is 0. The maximum Gasteiger partial charge on any atom is 0.109 e. The van der Waals surface area contributed by atoms with Gasteiger partial charge in [-0.1, -0.05) is 13.8 Å². The van der Waals surface area contributed by atoms with Crippen molar-refractivity contribution in [3.8, 4) is 0 Å². The normalized spacial score (nSPS) is 15.3. The Balaban J connectivity index is 2.16. The fourth-order valence-electron chi connectivity index (χ4n) is 1.53. The molecule has 0 bridgehead atoms. The minimum atomic E-state index is 0.344. The zero-order valence-electron chi connectivity index (χ0n) is 8.36. The van der Waals surface area contributed by atoms with E-state index in [9.17, 15) is 0 Å². The molecule has 0 amide bonds. The third-order valence-corrected chi connectivity index (χ3v) is 2.65. The molecule has 2 atom stereocenters. The second kappa shape index (κ2) is 3.65. The number of imidazole rings is 2. The summed E-state index contributed by atoms with van der Waals surface area (Å²) in [4.78, 5) is 14.8. The van der Waals surface area contributed by atoms with Crippen LogP contribution in [0.25, 0.3) is 0 Å². The minimum Gasteiger partial charge on any atom is -0.348 e. The summed E-state index contributed by atoms with van der Waals surface area (Å²) in [5.74, 6) is 2.70. The molecule has 0 radical (unpaired) electrons. The topological polar surface area (TPSA) is 57.4 Å². The first-order chi connectivity index (χ1) is 6.79. The van der Waals surface area contributed by atoms with Gasteiger partial charge in [0.2, 0.25) is 0 Å². The van der Waals surface area contributed by atoms with E-state index in [0.717, 1.165) is 11.6 Å². The molecular weight excluding hydrogens is 176 g/mol. The molecule has 4 nitrogen and oxygen atoms in total. The van der Waals surface area contributed by atoms with Crippen molar-refractivity contribution in [1.82, 2.24) is 19.9 Å². The first-order valence-electron chi connectivity index (χ1n) is 4.77. The van der Waals surface area contributed by atoms with Crippen molar-refractivity contribution >= 4 is 0 Å². The van der Waals surface area contributed by atoms with Crippen molar-refractivity contribution in [3.63, 3.8) is 0 Å². The standard InChI is InChI=1S/C10H14N4/c1-7(9-11-3-4-12-9)8(2)10-13-5-6-14-10/h3-8H,1-2H3,(H,11,12)(H,13,14). The average molecular weight is 190 g/mol. The van der Waals surface area contributed by atoms with E-state index in [4.69, 9.17) is 0 Å². The van der Waals surface area contributed by atoms with Crippen LogP contribution in [0.2, 0.25) is 0 Å². The zero-order chi connectivity index (χ0) is 9.97. The van der Waals surface area contributed by atoms with E-state index in [1.54, 1.807) is 12.4 Å². The molecule has 0 saturated carbocycles. The van der Waals surface area contributed by atoms with Gasteiger partial charge in [-0.05, 0) is 0 Å². The van der Waals surface area contributed by atoms with Crippen LogP contribution in [0, 0.1) is 0 Å². The summed E-state index contributed by atoms with van der Waals surface area (Å²) < 4.78 is 0. The van der Waals surface area contributed by atoms with Crippen molar-refractivity contribution in [2.75, 3.05) is 0 Å². The molecule has 0 fully saturated rings. The van der Waals surface area contributed by atoms with Crippen molar-refractivity contribution in [2.24, 2.45) is 0 Å². The number of aromatic nitrogens is 4. The van der Waals surface area contributed by atoms with E-state index in [0.29, 0.717) is 11.8 Å². The molecule has 14 heavy (non-hydrogen) atoms. The molecule has 4 heteroatoms. The van der Waals surface area contributed by atoms with E-state index >= 15 is 0 Å². The van der Waals surface area contributed by atoms with Crippen LogP contribution < -0.4 is 0 Å². The summed E-state index contributed by atoms with van der Waals surface area (Å²) in [7, 11) is 0. The van der Waals surface area contributed by atoms with Gasteiger partial charge < -0.3 is 9.97 Å². The molecule has 74 valence electrons. The number of hydrogen-bond donors (Lipinski definition) is 2. The van der Waals surface area contributed by atoms with Crippen molar-refractivity contribution < 1.29 is 0 Å². The largest absolute Gasteiger partial charge is 0.348 e. The van der Waals surface area contributed by atoms with E-state index < -0.39 is 0 Å². The van der Waals surface area contributed by atoms with Crippen LogP contribution in [-0.2, 0) is 0 Å². The quantitative estimate of drug-likeness (QED) is 0.778. The van der Waals surface area contributed by atoms with Crippen LogP contribution in [-0.4, -0.2) is 19.9 Å². The molecule has 0 aliphatic carbocycles. The Morgan fingerprint density at radius 1 is 0.929 bits per heavy atom. The van der Waals surface area contributed by atoms with Crippen LogP contribution in [0.3, 0.4) is 0 Å². The number of rotatable bonds is 3. The highest BCUT2D eigenvalue weighted by Gasteiger charge is 2.19. The highest BCUT2D eigenvalue weighted by atomic mass is 14.9. The Morgan fingerprint density at radius 2 is 1.36 bits per heavy atom. The molecule has 0 aliphatic heterocycles. The van der Waals surface area contributed by atoms with Crippen LogP contribution in [0.5, 0.6) is 0 Å². The number of nitrogens with one attached hydrogen (secondary N) is 2. The second-order valence-electron chi connectivity index (χ2n) is 3.53. The Hall–Kier alpha value is -1.58. The predicted octanol–water partition coefficient (Wildman–Crippen LogP) is 2.04. The van der Waals surface area contributed by atoms with Crippen LogP contribution >= 0.6 is 0 Å². The third kappa shape index (κ3) is 1.55. The Labute approximate surface area is 82.8 Å². The fourth-order valence-corrected chi connectivity index (χ4v) is 1.53. The fraction of sp³-hybridized carbons (Fsp3) is 0.400. The molecule has 2 unspecified atom stereocenters. The van der Waals surface area contributed by atoms with Crippen LogP contribution in [0.1, 0.15) is 37.3 Å². The lowest BCUT2D eigenvalue weighted by Crippen LogP contribution is -2.07. The van der Waals surface area contributed by atoms with Gasteiger partial charge in [-0.2, -0.15) is 0 Å². The molecule has 0 aromatic carbocycles. The van der Waals surface area contributed by atoms with Crippen molar-refractivity contribution in [3.05, 3.63) is 36.4 Å². The molecule has 2 aromatic heterocycles. The van der Waals surface area contributed by atoms with Gasteiger partial charge in [0.05, 0.1) is 0 Å².